The molecular formula is C38H32S. The van der Waals surface area contributed by atoms with Crippen LogP contribution in [-0.2, 0) is 12.8 Å². The van der Waals surface area contributed by atoms with Crippen LogP contribution in [0.25, 0.3) is 20.9 Å². The molecule has 0 saturated carbocycles. The van der Waals surface area contributed by atoms with Gasteiger partial charge < -0.3 is 0 Å². The van der Waals surface area contributed by atoms with Gasteiger partial charge in [0.15, 0.2) is 0 Å². The van der Waals surface area contributed by atoms with Crippen LogP contribution in [0, 0.1) is 37.5 Å². The Morgan fingerprint density at radius 3 is 1.15 bits per heavy atom. The minimum absolute atomic E-state index is 0.999. The van der Waals surface area contributed by atoms with Crippen LogP contribution in [-0.4, -0.2) is 0 Å². The van der Waals surface area contributed by atoms with E-state index in [9.17, 15) is 0 Å². The highest BCUT2D eigenvalue weighted by molar-refractivity contribution is 7.19. The minimum atomic E-state index is 0.999. The fourth-order valence-electron chi connectivity index (χ4n) is 4.40. The first-order chi connectivity index (χ1) is 19.0. The summed E-state index contributed by atoms with van der Waals surface area (Å²) in [6, 6.07) is 34.6. The molecule has 0 aliphatic rings. The molecule has 190 valence electrons. The smallest absolute Gasteiger partial charge is 0.0598 e. The molecule has 0 aliphatic heterocycles. The van der Waals surface area contributed by atoms with Gasteiger partial charge in [-0.1, -0.05) is 121 Å². The lowest BCUT2D eigenvalue weighted by molar-refractivity contribution is 1.14. The van der Waals surface area contributed by atoms with Gasteiger partial charge in [-0.05, 0) is 73.2 Å². The Bertz CT molecular complexity index is 1560. The Morgan fingerprint density at radius 2 is 0.821 bits per heavy atom. The largest absolute Gasteiger partial charge is 0.132 e. The molecule has 5 aromatic rings. The fourth-order valence-corrected chi connectivity index (χ4v) is 5.63. The van der Waals surface area contributed by atoms with Crippen molar-refractivity contribution in [2.75, 3.05) is 0 Å². The predicted molar refractivity (Wildman–Crippen MR) is 168 cm³/mol. The van der Waals surface area contributed by atoms with Crippen LogP contribution >= 0.6 is 11.3 Å². The average molecular weight is 521 g/mol. The number of aryl methyl sites for hydroxylation is 4. The van der Waals surface area contributed by atoms with Crippen LogP contribution in [0.15, 0.2) is 97.1 Å². The van der Waals surface area contributed by atoms with Gasteiger partial charge in [0.25, 0.3) is 0 Å². The van der Waals surface area contributed by atoms with E-state index >= 15 is 0 Å². The quantitative estimate of drug-likeness (QED) is 0.207. The second-order valence-corrected chi connectivity index (χ2v) is 10.9. The van der Waals surface area contributed by atoms with E-state index in [1.807, 2.05) is 0 Å². The van der Waals surface area contributed by atoms with Gasteiger partial charge in [0.05, 0.1) is 20.9 Å². The third-order valence-electron chi connectivity index (χ3n) is 6.92. The van der Waals surface area contributed by atoms with Gasteiger partial charge in [-0.25, -0.2) is 0 Å². The van der Waals surface area contributed by atoms with Gasteiger partial charge in [0, 0.05) is 11.1 Å². The highest BCUT2D eigenvalue weighted by atomic mass is 32.1. The highest BCUT2D eigenvalue weighted by Gasteiger charge is 2.19. The third-order valence-corrected chi connectivity index (χ3v) is 8.21. The van der Waals surface area contributed by atoms with Crippen molar-refractivity contribution in [2.45, 2.75) is 40.5 Å². The van der Waals surface area contributed by atoms with Crippen molar-refractivity contribution in [2.24, 2.45) is 0 Å². The molecule has 0 saturated heterocycles. The second kappa shape index (κ2) is 12.0. The Labute approximate surface area is 237 Å². The van der Waals surface area contributed by atoms with Crippen molar-refractivity contribution in [3.63, 3.8) is 0 Å². The first-order valence-electron chi connectivity index (χ1n) is 13.6. The van der Waals surface area contributed by atoms with Gasteiger partial charge >= 0.3 is 0 Å². The Balaban J connectivity index is 1.74. The average Bonchev–Trinajstić information content (AvgIpc) is 3.35. The Kier molecular flexibility index (Phi) is 8.13. The summed E-state index contributed by atoms with van der Waals surface area (Å²) in [6.07, 6.45) is 2.04. The van der Waals surface area contributed by atoms with Gasteiger partial charge in [0.1, 0.15) is 0 Å². The van der Waals surface area contributed by atoms with Crippen molar-refractivity contribution in [1.82, 2.24) is 0 Å². The zero-order valence-corrected chi connectivity index (χ0v) is 23.9. The molecule has 1 heterocycles. The van der Waals surface area contributed by atoms with Crippen LogP contribution in [0.4, 0.5) is 0 Å². The lowest BCUT2D eigenvalue weighted by Crippen LogP contribution is -1.87. The molecule has 0 unspecified atom stereocenters. The van der Waals surface area contributed by atoms with E-state index in [0.717, 1.165) is 35.1 Å². The second-order valence-electron chi connectivity index (χ2n) is 9.84. The molecular weight excluding hydrogens is 488 g/mol. The summed E-state index contributed by atoms with van der Waals surface area (Å²) in [5.74, 6) is 14.0. The summed E-state index contributed by atoms with van der Waals surface area (Å²) in [7, 11) is 0. The van der Waals surface area contributed by atoms with E-state index in [0.29, 0.717) is 0 Å². The predicted octanol–water partition coefficient (Wildman–Crippen LogP) is 9.62. The van der Waals surface area contributed by atoms with E-state index in [1.54, 1.807) is 11.3 Å². The summed E-state index contributed by atoms with van der Waals surface area (Å²) >= 11 is 1.79. The van der Waals surface area contributed by atoms with Crippen molar-refractivity contribution in [3.8, 4) is 44.6 Å². The van der Waals surface area contributed by atoms with E-state index in [4.69, 9.17) is 0 Å². The number of benzene rings is 4. The number of hydrogen-bond donors (Lipinski definition) is 0. The van der Waals surface area contributed by atoms with E-state index in [-0.39, 0.29) is 0 Å². The molecule has 0 fully saturated rings. The van der Waals surface area contributed by atoms with Gasteiger partial charge in [-0.3, -0.25) is 0 Å². The normalized spacial score (nSPS) is 10.4. The van der Waals surface area contributed by atoms with E-state index in [2.05, 4.69) is 148 Å². The molecule has 0 bridgehead atoms. The zero-order valence-electron chi connectivity index (χ0n) is 23.1. The lowest BCUT2D eigenvalue weighted by atomic mass is 9.99. The number of rotatable bonds is 4. The van der Waals surface area contributed by atoms with Crippen molar-refractivity contribution >= 4 is 11.3 Å². The molecule has 39 heavy (non-hydrogen) atoms. The third kappa shape index (κ3) is 6.23. The zero-order chi connectivity index (χ0) is 27.2. The van der Waals surface area contributed by atoms with E-state index < -0.39 is 0 Å². The van der Waals surface area contributed by atoms with Crippen LogP contribution < -0.4 is 0 Å². The van der Waals surface area contributed by atoms with Gasteiger partial charge in [-0.2, -0.15) is 0 Å². The van der Waals surface area contributed by atoms with Gasteiger partial charge in [-0.15, -0.1) is 11.3 Å². The summed E-state index contributed by atoms with van der Waals surface area (Å²) in [4.78, 5) is 2.33. The summed E-state index contributed by atoms with van der Waals surface area (Å²) in [6.45, 7) is 8.58. The molecule has 4 aromatic carbocycles. The number of hydrogen-bond acceptors (Lipinski definition) is 1. The maximum atomic E-state index is 3.56. The number of thiophene rings is 1. The standard InChI is InChI=1S/C38H32S/c1-5-29-15-21-33(22-16-29)37-35(25-19-31-11-7-27(3)8-12-31)36(26-20-32-13-9-28(4)10-14-32)38(39-37)34-23-17-30(6-2)18-24-34/h7-18,21-24H,5-6H2,1-4H3. The molecule has 0 N–H and O–H groups in total. The molecule has 1 aromatic heterocycles. The minimum Gasteiger partial charge on any atom is -0.132 e. The summed E-state index contributed by atoms with van der Waals surface area (Å²) < 4.78 is 0. The summed E-state index contributed by atoms with van der Waals surface area (Å²) in [5, 5.41) is 0. The van der Waals surface area contributed by atoms with Crippen molar-refractivity contribution < 1.29 is 0 Å². The van der Waals surface area contributed by atoms with E-state index in [1.165, 1.54) is 43.1 Å². The molecule has 0 nitrogen and oxygen atoms in total. The Hall–Kier alpha value is -4.30. The fraction of sp³-hybridized carbons (Fsp3) is 0.158. The van der Waals surface area contributed by atoms with Crippen molar-refractivity contribution in [1.29, 1.82) is 0 Å². The SMILES string of the molecule is CCc1ccc(-c2sc(-c3ccc(CC)cc3)c(C#Cc3ccc(C)cc3)c2C#Cc2ccc(C)cc2)cc1. The summed E-state index contributed by atoms with van der Waals surface area (Å²) in [5.41, 5.74) is 11.5. The molecule has 0 amide bonds. The molecule has 5 rings (SSSR count). The molecule has 0 spiro atoms. The molecule has 0 radical (unpaired) electrons. The molecule has 0 aliphatic carbocycles. The van der Waals surface area contributed by atoms with Crippen LogP contribution in [0.2, 0.25) is 0 Å². The molecule has 0 atom stereocenters. The van der Waals surface area contributed by atoms with Crippen LogP contribution in [0.1, 0.15) is 58.4 Å². The molecule has 1 heteroatoms. The maximum absolute atomic E-state index is 3.56. The van der Waals surface area contributed by atoms with Crippen LogP contribution in [0.3, 0.4) is 0 Å². The monoisotopic (exact) mass is 520 g/mol. The van der Waals surface area contributed by atoms with Crippen LogP contribution in [0.5, 0.6) is 0 Å². The van der Waals surface area contributed by atoms with Crippen molar-refractivity contribution in [3.05, 3.63) is 142 Å². The lowest BCUT2D eigenvalue weighted by Gasteiger charge is -2.02. The maximum Gasteiger partial charge on any atom is 0.0598 e. The first kappa shape index (κ1) is 26.3. The first-order valence-corrected chi connectivity index (χ1v) is 14.4. The highest BCUT2D eigenvalue weighted by Crippen LogP contribution is 2.42. The topological polar surface area (TPSA) is 0 Å². The van der Waals surface area contributed by atoms with Gasteiger partial charge in [0.2, 0.25) is 0 Å². The Morgan fingerprint density at radius 1 is 0.462 bits per heavy atom.